The van der Waals surface area contributed by atoms with E-state index >= 15 is 0 Å². The Labute approximate surface area is 195 Å². The van der Waals surface area contributed by atoms with Gasteiger partial charge >= 0.3 is 0 Å². The van der Waals surface area contributed by atoms with Crippen molar-refractivity contribution >= 4 is 21.6 Å². The Balaban J connectivity index is 1.43. The van der Waals surface area contributed by atoms with Gasteiger partial charge in [0.2, 0.25) is 0 Å². The van der Waals surface area contributed by atoms with E-state index in [9.17, 15) is 17.6 Å². The summed E-state index contributed by atoms with van der Waals surface area (Å²) in [5, 5.41) is 0. The summed E-state index contributed by atoms with van der Waals surface area (Å²) in [5.74, 6) is 0.415. The van der Waals surface area contributed by atoms with Crippen molar-refractivity contribution in [3.8, 4) is 0 Å². The van der Waals surface area contributed by atoms with Crippen LogP contribution >= 0.6 is 0 Å². The first kappa shape index (κ1) is 23.7. The number of carbonyl (C=O) groups is 1. The number of sulfonamides is 1. The molecule has 0 aliphatic carbocycles. The minimum absolute atomic E-state index is 0.0624. The van der Waals surface area contributed by atoms with Gasteiger partial charge in [-0.2, -0.15) is 0 Å². The van der Waals surface area contributed by atoms with Gasteiger partial charge in [-0.05, 0) is 80.9 Å². The van der Waals surface area contributed by atoms with Crippen molar-refractivity contribution in [2.24, 2.45) is 11.8 Å². The molecule has 4 rings (SSSR count). The number of anilines is 1. The van der Waals surface area contributed by atoms with E-state index in [0.717, 1.165) is 38.4 Å². The molecule has 1 N–H and O–H groups in total. The van der Waals surface area contributed by atoms with Crippen LogP contribution in [0.4, 0.5) is 10.1 Å². The molecule has 1 unspecified atom stereocenters. The number of likely N-dealkylation sites (tertiary alicyclic amines) is 2. The summed E-state index contributed by atoms with van der Waals surface area (Å²) < 4.78 is 41.8. The highest BCUT2D eigenvalue weighted by Gasteiger charge is 2.28. The monoisotopic (exact) mass is 473 g/mol. The quantitative estimate of drug-likeness (QED) is 0.682. The van der Waals surface area contributed by atoms with Gasteiger partial charge < -0.3 is 9.80 Å². The van der Waals surface area contributed by atoms with Crippen LogP contribution in [0.5, 0.6) is 0 Å². The molecule has 1 atom stereocenters. The standard InChI is InChI=1S/C25H32FN3O3S/c1-19-11-14-28(15-12-19)17-20-6-5-13-29(18-20)25(30)21-7-4-8-22(16-21)33(31,32)27-24-10-3-2-9-23(24)26/h2-4,7-10,16,19-20,27H,5-6,11-15,17-18H2,1H3. The largest absolute Gasteiger partial charge is 0.338 e. The normalized spacial score (nSPS) is 20.5. The summed E-state index contributed by atoms with van der Waals surface area (Å²) in [6.07, 6.45) is 4.53. The molecular formula is C25H32FN3O3S. The highest BCUT2D eigenvalue weighted by Crippen LogP contribution is 2.24. The molecule has 2 heterocycles. The van der Waals surface area contributed by atoms with Crippen molar-refractivity contribution in [3.05, 3.63) is 59.9 Å². The molecule has 2 aliphatic rings. The van der Waals surface area contributed by atoms with Crippen LogP contribution < -0.4 is 4.72 Å². The Bertz CT molecular complexity index is 1080. The fourth-order valence-electron chi connectivity index (χ4n) is 4.73. The number of nitrogens with zero attached hydrogens (tertiary/aromatic N) is 2. The molecule has 2 fully saturated rings. The van der Waals surface area contributed by atoms with Gasteiger partial charge in [0.25, 0.3) is 15.9 Å². The second kappa shape index (κ2) is 10.2. The smallest absolute Gasteiger partial charge is 0.262 e. The maximum atomic E-state index is 13.9. The molecule has 0 saturated carbocycles. The SMILES string of the molecule is CC1CCN(CC2CCCN(C(=O)c3cccc(S(=O)(=O)Nc4ccccc4F)c3)C2)CC1. The molecule has 0 aromatic heterocycles. The molecule has 0 spiro atoms. The number of amides is 1. The van der Waals surface area contributed by atoms with Gasteiger partial charge in [-0.15, -0.1) is 0 Å². The van der Waals surface area contributed by atoms with Gasteiger partial charge in [0.15, 0.2) is 0 Å². The lowest BCUT2D eigenvalue weighted by Crippen LogP contribution is -2.45. The van der Waals surface area contributed by atoms with E-state index in [4.69, 9.17) is 0 Å². The van der Waals surface area contributed by atoms with Gasteiger partial charge in [0.05, 0.1) is 10.6 Å². The molecule has 33 heavy (non-hydrogen) atoms. The first-order valence-corrected chi connectivity index (χ1v) is 13.2. The van der Waals surface area contributed by atoms with Crippen molar-refractivity contribution in [3.63, 3.8) is 0 Å². The third kappa shape index (κ3) is 5.92. The molecule has 0 bridgehead atoms. The Hall–Kier alpha value is -2.45. The average Bonchev–Trinajstić information content (AvgIpc) is 2.82. The number of nitrogens with one attached hydrogen (secondary N) is 1. The number of para-hydroxylation sites is 1. The summed E-state index contributed by atoms with van der Waals surface area (Å²) in [4.78, 5) is 17.5. The number of hydrogen-bond acceptors (Lipinski definition) is 4. The average molecular weight is 474 g/mol. The fourth-order valence-corrected chi connectivity index (χ4v) is 5.85. The number of rotatable bonds is 6. The topological polar surface area (TPSA) is 69.7 Å². The van der Waals surface area contributed by atoms with Crippen molar-refractivity contribution in [1.82, 2.24) is 9.80 Å². The maximum Gasteiger partial charge on any atom is 0.262 e. The highest BCUT2D eigenvalue weighted by atomic mass is 32.2. The van der Waals surface area contributed by atoms with Gasteiger partial charge in [0, 0.05) is 25.2 Å². The summed E-state index contributed by atoms with van der Waals surface area (Å²) in [5.41, 5.74) is 0.207. The van der Waals surface area contributed by atoms with Crippen molar-refractivity contribution in [2.45, 2.75) is 37.5 Å². The van der Waals surface area contributed by atoms with E-state index in [-0.39, 0.29) is 16.5 Å². The van der Waals surface area contributed by atoms with E-state index in [1.54, 1.807) is 18.2 Å². The Kier molecular flexibility index (Phi) is 7.34. The molecular weight excluding hydrogens is 441 g/mol. The molecule has 2 aromatic carbocycles. The zero-order valence-corrected chi connectivity index (χ0v) is 19.9. The molecule has 8 heteroatoms. The minimum atomic E-state index is -4.02. The van der Waals surface area contributed by atoms with Crippen LogP contribution in [0.15, 0.2) is 53.4 Å². The van der Waals surface area contributed by atoms with E-state index in [1.807, 2.05) is 4.90 Å². The Morgan fingerprint density at radius 1 is 1.06 bits per heavy atom. The van der Waals surface area contributed by atoms with E-state index in [1.165, 1.54) is 43.2 Å². The number of carbonyl (C=O) groups excluding carboxylic acids is 1. The lowest BCUT2D eigenvalue weighted by atomic mass is 9.94. The molecule has 178 valence electrons. The number of piperidine rings is 2. The second-order valence-electron chi connectivity index (χ2n) is 9.36. The first-order valence-electron chi connectivity index (χ1n) is 11.7. The molecule has 2 aliphatic heterocycles. The second-order valence-corrected chi connectivity index (χ2v) is 11.0. The van der Waals surface area contributed by atoms with Crippen LogP contribution in [0.1, 0.15) is 43.0 Å². The summed E-state index contributed by atoms with van der Waals surface area (Å²) in [6, 6.07) is 11.6. The molecule has 1 amide bonds. The molecule has 2 aromatic rings. The molecule has 0 radical (unpaired) electrons. The zero-order valence-electron chi connectivity index (χ0n) is 19.0. The number of halogens is 1. The van der Waals surface area contributed by atoms with Crippen molar-refractivity contribution in [1.29, 1.82) is 0 Å². The van der Waals surface area contributed by atoms with Crippen LogP contribution in [0.2, 0.25) is 0 Å². The first-order chi connectivity index (χ1) is 15.8. The van der Waals surface area contributed by atoms with Crippen LogP contribution in [0.25, 0.3) is 0 Å². The fraction of sp³-hybridized carbons (Fsp3) is 0.480. The van der Waals surface area contributed by atoms with E-state index < -0.39 is 15.8 Å². The summed E-state index contributed by atoms with van der Waals surface area (Å²) in [7, 11) is -4.02. The van der Waals surface area contributed by atoms with Gasteiger partial charge in [-0.1, -0.05) is 25.1 Å². The third-order valence-corrected chi connectivity index (χ3v) is 8.07. The maximum absolute atomic E-state index is 13.9. The van der Waals surface area contributed by atoms with Gasteiger partial charge in [0.1, 0.15) is 5.82 Å². The summed E-state index contributed by atoms with van der Waals surface area (Å²) in [6.45, 7) is 6.93. The predicted octanol–water partition coefficient (Wildman–Crippen LogP) is 4.21. The minimum Gasteiger partial charge on any atom is -0.338 e. The lowest BCUT2D eigenvalue weighted by molar-refractivity contribution is 0.0622. The van der Waals surface area contributed by atoms with Crippen molar-refractivity contribution in [2.75, 3.05) is 37.4 Å². The summed E-state index contributed by atoms with van der Waals surface area (Å²) >= 11 is 0. The predicted molar refractivity (Wildman–Crippen MR) is 127 cm³/mol. The highest BCUT2D eigenvalue weighted by molar-refractivity contribution is 7.92. The Morgan fingerprint density at radius 2 is 1.82 bits per heavy atom. The van der Waals surface area contributed by atoms with Crippen LogP contribution in [0.3, 0.4) is 0 Å². The van der Waals surface area contributed by atoms with Crippen molar-refractivity contribution < 1.29 is 17.6 Å². The third-order valence-electron chi connectivity index (χ3n) is 6.71. The van der Waals surface area contributed by atoms with Crippen LogP contribution in [-0.4, -0.2) is 56.8 Å². The lowest BCUT2D eigenvalue weighted by Gasteiger charge is -2.38. The van der Waals surface area contributed by atoms with Gasteiger partial charge in [-0.3, -0.25) is 9.52 Å². The number of hydrogen-bond donors (Lipinski definition) is 1. The van der Waals surface area contributed by atoms with Gasteiger partial charge in [-0.25, -0.2) is 12.8 Å². The van der Waals surface area contributed by atoms with Crippen LogP contribution in [-0.2, 0) is 10.0 Å². The Morgan fingerprint density at radius 3 is 2.58 bits per heavy atom. The molecule has 6 nitrogen and oxygen atoms in total. The van der Waals surface area contributed by atoms with E-state index in [0.29, 0.717) is 24.6 Å². The zero-order chi connectivity index (χ0) is 23.4. The number of benzene rings is 2. The van der Waals surface area contributed by atoms with Crippen LogP contribution in [0, 0.1) is 17.7 Å². The van der Waals surface area contributed by atoms with E-state index in [2.05, 4.69) is 16.5 Å². The molecule has 2 saturated heterocycles.